The van der Waals surface area contributed by atoms with Gasteiger partial charge in [0, 0.05) is 11.3 Å². The summed E-state index contributed by atoms with van der Waals surface area (Å²) >= 11 is 1.61. The van der Waals surface area contributed by atoms with Crippen molar-refractivity contribution in [2.75, 3.05) is 14.2 Å². The lowest BCUT2D eigenvalue weighted by atomic mass is 10.1. The quantitative estimate of drug-likeness (QED) is 0.914. The molecule has 0 radical (unpaired) electrons. The summed E-state index contributed by atoms with van der Waals surface area (Å²) in [7, 11) is 3.24. The summed E-state index contributed by atoms with van der Waals surface area (Å²) in [6, 6.07) is 5.84. The molecule has 1 aromatic heterocycles. The molecule has 0 aliphatic heterocycles. The van der Waals surface area contributed by atoms with Crippen LogP contribution in [0.3, 0.4) is 0 Å². The highest BCUT2D eigenvalue weighted by Crippen LogP contribution is 2.29. The number of hydrogen-bond donors (Lipinski definition) is 1. The molecule has 0 amide bonds. The van der Waals surface area contributed by atoms with Gasteiger partial charge in [-0.25, -0.2) is 4.98 Å². The Bertz CT molecular complexity index is 566. The normalized spacial score (nSPS) is 10.5. The molecule has 2 rings (SSSR count). The molecule has 0 saturated heterocycles. The number of aliphatic hydroxyl groups excluding tert-OH is 1. The van der Waals surface area contributed by atoms with Crippen LogP contribution in [0.1, 0.15) is 21.1 Å². The fourth-order valence-electron chi connectivity index (χ4n) is 1.88. The topological polar surface area (TPSA) is 51.6 Å². The third-order valence-corrected chi connectivity index (χ3v) is 3.90. The van der Waals surface area contributed by atoms with E-state index in [9.17, 15) is 0 Å². The Kier molecular flexibility index (Phi) is 4.39. The molecule has 19 heavy (non-hydrogen) atoms. The van der Waals surface area contributed by atoms with E-state index in [1.165, 1.54) is 0 Å². The van der Waals surface area contributed by atoms with Gasteiger partial charge in [-0.2, -0.15) is 0 Å². The Morgan fingerprint density at radius 3 is 2.53 bits per heavy atom. The maximum absolute atomic E-state index is 9.16. The van der Waals surface area contributed by atoms with Crippen molar-refractivity contribution >= 4 is 11.3 Å². The number of aliphatic hydroxyl groups is 1. The second-order valence-corrected chi connectivity index (χ2v) is 5.42. The van der Waals surface area contributed by atoms with Gasteiger partial charge in [-0.05, 0) is 24.6 Å². The van der Waals surface area contributed by atoms with Crippen LogP contribution in [-0.2, 0) is 13.0 Å². The maximum atomic E-state index is 9.16. The number of aryl methyl sites for hydroxylation is 1. The van der Waals surface area contributed by atoms with Gasteiger partial charge in [0.05, 0.1) is 31.5 Å². The summed E-state index contributed by atoms with van der Waals surface area (Å²) in [6.07, 6.45) is 0.728. The molecule has 1 heterocycles. The Hall–Kier alpha value is -1.59. The summed E-state index contributed by atoms with van der Waals surface area (Å²) in [4.78, 5) is 5.49. The molecule has 0 unspecified atom stereocenters. The molecule has 0 fully saturated rings. The number of hydrogen-bond acceptors (Lipinski definition) is 5. The summed E-state index contributed by atoms with van der Waals surface area (Å²) in [5.41, 5.74) is 1.87. The minimum absolute atomic E-state index is 0.00569. The number of aromatic nitrogens is 1. The van der Waals surface area contributed by atoms with Gasteiger partial charge in [0.15, 0.2) is 11.5 Å². The number of thiazole rings is 1. The second-order valence-electron chi connectivity index (χ2n) is 4.13. The standard InChI is InChI=1S/C14H17NO3S/c1-9-11(8-16)15-14(19-9)7-10-4-5-12(17-2)13(6-10)18-3/h4-6,16H,7-8H2,1-3H3. The van der Waals surface area contributed by atoms with Gasteiger partial charge in [0.1, 0.15) is 0 Å². The van der Waals surface area contributed by atoms with Crippen molar-refractivity contribution in [3.05, 3.63) is 39.3 Å². The van der Waals surface area contributed by atoms with Crippen LogP contribution in [-0.4, -0.2) is 24.3 Å². The van der Waals surface area contributed by atoms with E-state index < -0.39 is 0 Å². The molecule has 0 spiro atoms. The SMILES string of the molecule is COc1ccc(Cc2nc(CO)c(C)s2)cc1OC. The highest BCUT2D eigenvalue weighted by atomic mass is 32.1. The summed E-state index contributed by atoms with van der Waals surface area (Å²) in [6.45, 7) is 1.97. The largest absolute Gasteiger partial charge is 0.493 e. The van der Waals surface area contributed by atoms with Crippen LogP contribution in [0, 0.1) is 6.92 Å². The zero-order valence-corrected chi connectivity index (χ0v) is 12.1. The monoisotopic (exact) mass is 279 g/mol. The van der Waals surface area contributed by atoms with Crippen molar-refractivity contribution in [2.24, 2.45) is 0 Å². The first-order valence-corrected chi connectivity index (χ1v) is 6.76. The van der Waals surface area contributed by atoms with Gasteiger partial charge in [-0.1, -0.05) is 6.07 Å². The number of rotatable bonds is 5. The average Bonchev–Trinajstić information content (AvgIpc) is 2.78. The van der Waals surface area contributed by atoms with E-state index in [0.29, 0.717) is 0 Å². The lowest BCUT2D eigenvalue weighted by Crippen LogP contribution is -1.94. The van der Waals surface area contributed by atoms with Gasteiger partial charge in [0.25, 0.3) is 0 Å². The Labute approximate surface area is 116 Å². The van der Waals surface area contributed by atoms with E-state index in [0.717, 1.165) is 39.1 Å². The van der Waals surface area contributed by atoms with Crippen molar-refractivity contribution < 1.29 is 14.6 Å². The molecule has 1 aromatic carbocycles. The Morgan fingerprint density at radius 1 is 1.21 bits per heavy atom. The van der Waals surface area contributed by atoms with Crippen LogP contribution in [0.2, 0.25) is 0 Å². The highest BCUT2D eigenvalue weighted by molar-refractivity contribution is 7.11. The molecule has 102 valence electrons. The predicted octanol–water partition coefficient (Wildman–Crippen LogP) is 2.55. The van der Waals surface area contributed by atoms with E-state index in [1.807, 2.05) is 25.1 Å². The molecule has 4 nitrogen and oxygen atoms in total. The third kappa shape index (κ3) is 3.05. The summed E-state index contributed by atoms with van der Waals surface area (Å²) in [5.74, 6) is 1.44. The van der Waals surface area contributed by atoms with Gasteiger partial charge in [-0.3, -0.25) is 0 Å². The van der Waals surface area contributed by atoms with Gasteiger partial charge in [0.2, 0.25) is 0 Å². The van der Waals surface area contributed by atoms with E-state index in [1.54, 1.807) is 25.6 Å². The van der Waals surface area contributed by atoms with E-state index in [2.05, 4.69) is 4.98 Å². The van der Waals surface area contributed by atoms with Gasteiger partial charge < -0.3 is 14.6 Å². The van der Waals surface area contributed by atoms with Crippen molar-refractivity contribution in [1.82, 2.24) is 4.98 Å². The number of methoxy groups -OCH3 is 2. The van der Waals surface area contributed by atoms with Crippen molar-refractivity contribution in [3.63, 3.8) is 0 Å². The van der Waals surface area contributed by atoms with E-state index in [-0.39, 0.29) is 6.61 Å². The molecule has 0 aliphatic carbocycles. The fourth-order valence-corrected chi connectivity index (χ4v) is 2.85. The molecule has 0 saturated carbocycles. The number of benzene rings is 1. The molecule has 5 heteroatoms. The Balaban J connectivity index is 2.22. The highest BCUT2D eigenvalue weighted by Gasteiger charge is 2.09. The number of ether oxygens (including phenoxy) is 2. The lowest BCUT2D eigenvalue weighted by molar-refractivity contribution is 0.276. The molecule has 0 atom stereocenters. The van der Waals surface area contributed by atoms with Crippen LogP contribution < -0.4 is 9.47 Å². The predicted molar refractivity (Wildman–Crippen MR) is 75.1 cm³/mol. The van der Waals surface area contributed by atoms with Crippen molar-refractivity contribution in [3.8, 4) is 11.5 Å². The van der Waals surface area contributed by atoms with Gasteiger partial charge in [-0.15, -0.1) is 11.3 Å². The minimum atomic E-state index is -0.00569. The van der Waals surface area contributed by atoms with Crippen molar-refractivity contribution in [1.29, 1.82) is 0 Å². The molecular formula is C14H17NO3S. The lowest BCUT2D eigenvalue weighted by Gasteiger charge is -2.08. The van der Waals surface area contributed by atoms with Crippen LogP contribution in [0.5, 0.6) is 11.5 Å². The van der Waals surface area contributed by atoms with Crippen LogP contribution >= 0.6 is 11.3 Å². The fraction of sp³-hybridized carbons (Fsp3) is 0.357. The average molecular weight is 279 g/mol. The van der Waals surface area contributed by atoms with Crippen LogP contribution in [0.15, 0.2) is 18.2 Å². The molecular weight excluding hydrogens is 262 g/mol. The maximum Gasteiger partial charge on any atom is 0.160 e. The number of nitrogens with zero attached hydrogens (tertiary/aromatic N) is 1. The van der Waals surface area contributed by atoms with Crippen LogP contribution in [0.4, 0.5) is 0 Å². The zero-order valence-electron chi connectivity index (χ0n) is 11.3. The molecule has 2 aromatic rings. The molecule has 1 N–H and O–H groups in total. The molecule has 0 aliphatic rings. The van der Waals surface area contributed by atoms with E-state index >= 15 is 0 Å². The first-order valence-electron chi connectivity index (χ1n) is 5.95. The summed E-state index contributed by atoms with van der Waals surface area (Å²) < 4.78 is 10.5. The zero-order chi connectivity index (χ0) is 13.8. The second kappa shape index (κ2) is 6.04. The van der Waals surface area contributed by atoms with E-state index in [4.69, 9.17) is 14.6 Å². The summed E-state index contributed by atoms with van der Waals surface area (Å²) in [5, 5.41) is 10.2. The smallest absolute Gasteiger partial charge is 0.160 e. The third-order valence-electron chi connectivity index (χ3n) is 2.89. The minimum Gasteiger partial charge on any atom is -0.493 e. The van der Waals surface area contributed by atoms with Crippen molar-refractivity contribution in [2.45, 2.75) is 20.0 Å². The first kappa shape index (κ1) is 13.8. The Morgan fingerprint density at radius 2 is 1.95 bits per heavy atom. The van der Waals surface area contributed by atoms with Gasteiger partial charge >= 0.3 is 0 Å². The molecule has 0 bridgehead atoms. The van der Waals surface area contributed by atoms with Crippen LogP contribution in [0.25, 0.3) is 0 Å². The first-order chi connectivity index (χ1) is 9.17.